The third-order valence-corrected chi connectivity index (χ3v) is 1.77. The summed E-state index contributed by atoms with van der Waals surface area (Å²) in [6.45, 7) is 0. The average molecular weight is 185 g/mol. The first-order chi connectivity index (χ1) is 6.81. The number of hydrogen-bond acceptors (Lipinski definition) is 4. The van der Waals surface area contributed by atoms with Gasteiger partial charge in [0, 0.05) is 12.4 Å². The van der Waals surface area contributed by atoms with E-state index in [1.165, 1.54) is 0 Å². The molecule has 2 N–H and O–H groups in total. The van der Waals surface area contributed by atoms with Crippen molar-refractivity contribution in [2.75, 3.05) is 5.73 Å². The second-order valence-corrected chi connectivity index (χ2v) is 2.65. The van der Waals surface area contributed by atoms with Crippen LogP contribution in [0.2, 0.25) is 0 Å². The second-order valence-electron chi connectivity index (χ2n) is 2.65. The Balaban J connectivity index is 2.56. The lowest BCUT2D eigenvalue weighted by atomic mass is 10.4. The minimum atomic E-state index is 0.195. The molecular weight excluding hydrogens is 178 g/mol. The molecule has 0 saturated heterocycles. The summed E-state index contributed by atoms with van der Waals surface area (Å²) >= 11 is 0. The Bertz CT molecular complexity index is 494. The first kappa shape index (κ1) is 8.26. The largest absolute Gasteiger partial charge is 0.368 e. The summed E-state index contributed by atoms with van der Waals surface area (Å²) in [5.41, 5.74) is 5.95. The zero-order valence-corrected chi connectivity index (χ0v) is 7.25. The summed E-state index contributed by atoms with van der Waals surface area (Å²) in [5, 5.41) is 8.79. The number of nitrogen functional groups attached to an aromatic ring is 1. The Hall–Kier alpha value is -2.35. The lowest BCUT2D eigenvalue weighted by Gasteiger charge is -2.02. The fraction of sp³-hybridized carbons (Fsp3) is 0. The molecule has 0 aliphatic rings. The van der Waals surface area contributed by atoms with E-state index in [-0.39, 0.29) is 5.95 Å². The molecule has 0 aromatic carbocycles. The Morgan fingerprint density at radius 2 is 2.29 bits per heavy atom. The highest BCUT2D eigenvalue weighted by molar-refractivity contribution is 5.35. The molecule has 0 radical (unpaired) electrons. The van der Waals surface area contributed by atoms with Crippen LogP contribution in [0.15, 0.2) is 30.6 Å². The second kappa shape index (κ2) is 3.18. The van der Waals surface area contributed by atoms with Gasteiger partial charge < -0.3 is 5.73 Å². The first-order valence-electron chi connectivity index (χ1n) is 3.97. The highest BCUT2D eigenvalue weighted by atomic mass is 15.1. The molecule has 68 valence electrons. The summed E-state index contributed by atoms with van der Waals surface area (Å²) in [7, 11) is 0. The lowest BCUT2D eigenvalue weighted by molar-refractivity contribution is 0.974. The fourth-order valence-corrected chi connectivity index (χ4v) is 1.17. The molecule has 0 atom stereocenters. The topological polar surface area (TPSA) is 80.5 Å². The quantitative estimate of drug-likeness (QED) is 0.709. The SMILES string of the molecule is N#Cc1cccn1-c1ccnc(N)n1. The fourth-order valence-electron chi connectivity index (χ4n) is 1.17. The maximum absolute atomic E-state index is 8.79. The molecule has 0 amide bonds. The van der Waals surface area contributed by atoms with E-state index in [1.807, 2.05) is 0 Å². The predicted molar refractivity (Wildman–Crippen MR) is 50.5 cm³/mol. The first-order valence-corrected chi connectivity index (χ1v) is 3.97. The van der Waals surface area contributed by atoms with Crippen molar-refractivity contribution < 1.29 is 0 Å². The van der Waals surface area contributed by atoms with Gasteiger partial charge in [0.05, 0.1) is 0 Å². The van der Waals surface area contributed by atoms with Gasteiger partial charge in [0.15, 0.2) is 0 Å². The third-order valence-electron chi connectivity index (χ3n) is 1.77. The van der Waals surface area contributed by atoms with E-state index in [1.54, 1.807) is 35.2 Å². The summed E-state index contributed by atoms with van der Waals surface area (Å²) in [4.78, 5) is 7.78. The normalized spacial score (nSPS) is 9.64. The molecule has 0 bridgehead atoms. The highest BCUT2D eigenvalue weighted by Crippen LogP contribution is 2.09. The molecule has 2 aromatic heterocycles. The molecule has 5 heteroatoms. The summed E-state index contributed by atoms with van der Waals surface area (Å²) < 4.78 is 1.65. The van der Waals surface area contributed by atoms with Crippen molar-refractivity contribution in [3.8, 4) is 11.9 Å². The van der Waals surface area contributed by atoms with Crippen LogP contribution in [0.1, 0.15) is 5.69 Å². The van der Waals surface area contributed by atoms with Gasteiger partial charge >= 0.3 is 0 Å². The van der Waals surface area contributed by atoms with Crippen molar-refractivity contribution in [1.29, 1.82) is 5.26 Å². The molecule has 0 spiro atoms. The van der Waals surface area contributed by atoms with Gasteiger partial charge in [0.1, 0.15) is 17.6 Å². The van der Waals surface area contributed by atoms with Crippen LogP contribution in [0, 0.1) is 11.3 Å². The zero-order chi connectivity index (χ0) is 9.97. The molecule has 0 saturated carbocycles. The van der Waals surface area contributed by atoms with E-state index >= 15 is 0 Å². The highest BCUT2D eigenvalue weighted by Gasteiger charge is 2.03. The Morgan fingerprint density at radius 3 is 3.00 bits per heavy atom. The Kier molecular flexibility index (Phi) is 1.88. The molecule has 0 unspecified atom stereocenters. The van der Waals surface area contributed by atoms with Gasteiger partial charge in [-0.25, -0.2) is 4.98 Å². The molecule has 2 rings (SSSR count). The molecule has 0 fully saturated rings. The van der Waals surface area contributed by atoms with Gasteiger partial charge in [0.25, 0.3) is 0 Å². The summed E-state index contributed by atoms with van der Waals surface area (Å²) in [6.07, 6.45) is 3.30. The number of anilines is 1. The van der Waals surface area contributed by atoms with E-state index in [2.05, 4.69) is 16.0 Å². The van der Waals surface area contributed by atoms with Crippen molar-refractivity contribution in [2.24, 2.45) is 0 Å². The van der Waals surface area contributed by atoms with E-state index < -0.39 is 0 Å². The Morgan fingerprint density at radius 1 is 1.43 bits per heavy atom. The van der Waals surface area contributed by atoms with Crippen molar-refractivity contribution in [3.05, 3.63) is 36.3 Å². The van der Waals surface area contributed by atoms with Gasteiger partial charge in [-0.3, -0.25) is 4.57 Å². The molecular formula is C9H7N5. The molecule has 2 aromatic rings. The van der Waals surface area contributed by atoms with E-state index in [0.717, 1.165) is 0 Å². The van der Waals surface area contributed by atoms with Crippen LogP contribution in [-0.2, 0) is 0 Å². The smallest absolute Gasteiger partial charge is 0.221 e. The van der Waals surface area contributed by atoms with Crippen molar-refractivity contribution >= 4 is 5.95 Å². The maximum atomic E-state index is 8.79. The monoisotopic (exact) mass is 185 g/mol. The number of nitriles is 1. The minimum absolute atomic E-state index is 0.195. The molecule has 0 aliphatic heterocycles. The number of nitrogens with two attached hydrogens (primary N) is 1. The van der Waals surface area contributed by atoms with Crippen LogP contribution in [0.5, 0.6) is 0 Å². The average Bonchev–Trinajstić information content (AvgIpc) is 2.65. The number of hydrogen-bond donors (Lipinski definition) is 1. The number of aromatic nitrogens is 3. The summed E-state index contributed by atoms with van der Waals surface area (Å²) in [5.74, 6) is 0.791. The van der Waals surface area contributed by atoms with E-state index in [9.17, 15) is 0 Å². The Labute approximate surface area is 80.4 Å². The number of nitrogens with zero attached hydrogens (tertiary/aromatic N) is 4. The van der Waals surface area contributed by atoms with Crippen molar-refractivity contribution in [3.63, 3.8) is 0 Å². The van der Waals surface area contributed by atoms with Gasteiger partial charge in [0.2, 0.25) is 5.95 Å². The van der Waals surface area contributed by atoms with Crippen molar-refractivity contribution in [2.45, 2.75) is 0 Å². The maximum Gasteiger partial charge on any atom is 0.221 e. The van der Waals surface area contributed by atoms with Gasteiger partial charge in [-0.15, -0.1) is 0 Å². The van der Waals surface area contributed by atoms with Crippen LogP contribution >= 0.6 is 0 Å². The van der Waals surface area contributed by atoms with Gasteiger partial charge in [-0.2, -0.15) is 10.2 Å². The molecule has 5 nitrogen and oxygen atoms in total. The standard InChI is InChI=1S/C9H7N5/c10-6-7-2-1-5-14(7)8-3-4-12-9(11)13-8/h1-5H,(H2,11,12,13). The van der Waals surface area contributed by atoms with Crippen LogP contribution in [0.25, 0.3) is 5.82 Å². The zero-order valence-electron chi connectivity index (χ0n) is 7.25. The third kappa shape index (κ3) is 1.29. The molecule has 2 heterocycles. The van der Waals surface area contributed by atoms with Crippen LogP contribution in [0.4, 0.5) is 5.95 Å². The summed E-state index contributed by atoms with van der Waals surface area (Å²) in [6, 6.07) is 7.23. The number of rotatable bonds is 1. The lowest BCUT2D eigenvalue weighted by Crippen LogP contribution is -2.02. The van der Waals surface area contributed by atoms with Gasteiger partial charge in [-0.05, 0) is 18.2 Å². The van der Waals surface area contributed by atoms with Crippen LogP contribution in [-0.4, -0.2) is 14.5 Å². The van der Waals surface area contributed by atoms with Crippen molar-refractivity contribution in [1.82, 2.24) is 14.5 Å². The molecule has 14 heavy (non-hydrogen) atoms. The van der Waals surface area contributed by atoms with E-state index in [0.29, 0.717) is 11.5 Å². The molecule has 0 aliphatic carbocycles. The van der Waals surface area contributed by atoms with Crippen LogP contribution in [0.3, 0.4) is 0 Å². The van der Waals surface area contributed by atoms with Gasteiger partial charge in [-0.1, -0.05) is 0 Å². The minimum Gasteiger partial charge on any atom is -0.368 e. The van der Waals surface area contributed by atoms with E-state index in [4.69, 9.17) is 11.0 Å². The van der Waals surface area contributed by atoms with Crippen LogP contribution < -0.4 is 5.73 Å². The predicted octanol–water partition coefficient (Wildman–Crippen LogP) is 0.721.